The first kappa shape index (κ1) is 14.4. The van der Waals surface area contributed by atoms with Crippen molar-refractivity contribution in [1.82, 2.24) is 5.32 Å². The second kappa shape index (κ2) is 5.16. The number of carbonyl (C=O) groups excluding carboxylic acids is 1. The Morgan fingerprint density at radius 1 is 1.30 bits per heavy atom. The molecule has 20 heavy (non-hydrogen) atoms. The fraction of sp³-hybridized carbons (Fsp3) is 0.353. The minimum atomic E-state index is -0.508. The van der Waals surface area contributed by atoms with Crippen LogP contribution in [-0.4, -0.2) is 6.03 Å². The average Bonchev–Trinajstić information content (AvgIpc) is 2.39. The van der Waals surface area contributed by atoms with E-state index in [-0.39, 0.29) is 10.8 Å². The fourth-order valence-corrected chi connectivity index (χ4v) is 2.75. The number of rotatable bonds is 3. The molecule has 1 aliphatic rings. The van der Waals surface area contributed by atoms with Gasteiger partial charge in [-0.15, -0.1) is 0 Å². The lowest BCUT2D eigenvalue weighted by atomic mass is 9.60. The van der Waals surface area contributed by atoms with E-state index in [2.05, 4.69) is 56.4 Å². The molecule has 0 heterocycles. The van der Waals surface area contributed by atoms with Gasteiger partial charge in [0.05, 0.1) is 0 Å². The fourth-order valence-electron chi connectivity index (χ4n) is 2.75. The molecule has 2 rings (SSSR count). The molecule has 0 fully saturated rings. The third kappa shape index (κ3) is 2.62. The maximum atomic E-state index is 11.0. The Morgan fingerprint density at radius 2 is 1.95 bits per heavy atom. The van der Waals surface area contributed by atoms with Gasteiger partial charge in [0.25, 0.3) is 0 Å². The molecule has 1 aromatic rings. The zero-order valence-electron chi connectivity index (χ0n) is 12.3. The lowest BCUT2D eigenvalue weighted by Gasteiger charge is -2.44. The number of hydrogen-bond acceptors (Lipinski definition) is 1. The summed E-state index contributed by atoms with van der Waals surface area (Å²) in [7, 11) is 0. The van der Waals surface area contributed by atoms with E-state index in [1.807, 2.05) is 18.2 Å². The monoisotopic (exact) mass is 270 g/mol. The van der Waals surface area contributed by atoms with Gasteiger partial charge in [-0.25, -0.2) is 4.79 Å². The third-order valence-corrected chi connectivity index (χ3v) is 4.53. The first-order valence-corrected chi connectivity index (χ1v) is 6.85. The van der Waals surface area contributed by atoms with Gasteiger partial charge in [0.2, 0.25) is 0 Å². The molecule has 0 radical (unpaired) electrons. The summed E-state index contributed by atoms with van der Waals surface area (Å²) in [6, 6.07) is 9.94. The number of carbonyl (C=O) groups is 1. The van der Waals surface area contributed by atoms with Crippen molar-refractivity contribution in [2.75, 3.05) is 0 Å². The van der Waals surface area contributed by atoms with Gasteiger partial charge in [0.15, 0.2) is 0 Å². The van der Waals surface area contributed by atoms with E-state index in [1.54, 1.807) is 0 Å². The molecule has 3 N–H and O–H groups in total. The van der Waals surface area contributed by atoms with Gasteiger partial charge in [-0.2, -0.15) is 0 Å². The minimum Gasteiger partial charge on any atom is -0.351 e. The van der Waals surface area contributed by atoms with E-state index in [0.29, 0.717) is 0 Å². The van der Waals surface area contributed by atoms with Gasteiger partial charge < -0.3 is 11.1 Å². The van der Waals surface area contributed by atoms with Crippen molar-refractivity contribution in [3.63, 3.8) is 0 Å². The van der Waals surface area contributed by atoms with E-state index in [9.17, 15) is 4.79 Å². The highest BCUT2D eigenvalue weighted by Gasteiger charge is 2.41. The molecule has 1 aliphatic carbocycles. The van der Waals surface area contributed by atoms with E-state index >= 15 is 0 Å². The Morgan fingerprint density at radius 3 is 2.55 bits per heavy atom. The first-order chi connectivity index (χ1) is 9.35. The van der Waals surface area contributed by atoms with Crippen LogP contribution in [-0.2, 0) is 5.41 Å². The molecule has 1 atom stereocenters. The summed E-state index contributed by atoms with van der Waals surface area (Å²) in [6.45, 7) is 6.69. The molecule has 106 valence electrons. The number of urea groups is 1. The summed E-state index contributed by atoms with van der Waals surface area (Å²) in [5, 5.41) is 2.71. The molecule has 0 spiro atoms. The number of hydrogen-bond donors (Lipinski definition) is 2. The van der Waals surface area contributed by atoms with Crippen LogP contribution in [0.15, 0.2) is 54.3 Å². The number of nitrogens with two attached hydrogens (primary N) is 1. The molecule has 2 amide bonds. The van der Waals surface area contributed by atoms with Gasteiger partial charge in [0.1, 0.15) is 0 Å². The van der Waals surface area contributed by atoms with Crippen LogP contribution in [0.1, 0.15) is 32.8 Å². The summed E-state index contributed by atoms with van der Waals surface area (Å²) < 4.78 is 0. The Bertz CT molecular complexity index is 558. The summed E-state index contributed by atoms with van der Waals surface area (Å²) >= 11 is 0. The summed E-state index contributed by atoms with van der Waals surface area (Å²) in [5.41, 5.74) is 7.23. The molecular formula is C17H22N2O. The van der Waals surface area contributed by atoms with Crippen LogP contribution in [0.4, 0.5) is 4.79 Å². The van der Waals surface area contributed by atoms with Crippen LogP contribution >= 0.6 is 0 Å². The highest BCUT2D eigenvalue weighted by molar-refractivity contribution is 5.73. The lowest BCUT2D eigenvalue weighted by molar-refractivity contribution is 0.226. The van der Waals surface area contributed by atoms with Gasteiger partial charge in [-0.05, 0) is 23.5 Å². The standard InChI is InChI=1S/C17H22N2O/c1-16(2,13-8-5-4-6-9-13)17(3)11-7-10-14(12-17)19-15(18)20/h4-11H,12H2,1-3H3,(H3,18,19,20). The Hall–Kier alpha value is -2.03. The topological polar surface area (TPSA) is 55.1 Å². The van der Waals surface area contributed by atoms with Crippen LogP contribution < -0.4 is 11.1 Å². The minimum absolute atomic E-state index is 0.0520. The predicted octanol–water partition coefficient (Wildman–Crippen LogP) is 3.48. The van der Waals surface area contributed by atoms with Crippen molar-refractivity contribution >= 4 is 6.03 Å². The smallest absolute Gasteiger partial charge is 0.316 e. The zero-order chi connectivity index (χ0) is 14.8. The largest absolute Gasteiger partial charge is 0.351 e. The van der Waals surface area contributed by atoms with Crippen LogP contribution in [0.25, 0.3) is 0 Å². The van der Waals surface area contributed by atoms with Crippen molar-refractivity contribution in [3.05, 3.63) is 59.8 Å². The second-order valence-corrected chi connectivity index (χ2v) is 6.13. The first-order valence-electron chi connectivity index (χ1n) is 6.85. The number of allylic oxidation sites excluding steroid dienone is 4. The van der Waals surface area contributed by atoms with Gasteiger partial charge in [-0.3, -0.25) is 0 Å². The molecule has 1 aromatic carbocycles. The molecule has 3 nitrogen and oxygen atoms in total. The SMILES string of the molecule is CC1(C(C)(C)c2ccccc2)C=CC=C(NC(N)=O)C1. The third-order valence-electron chi connectivity index (χ3n) is 4.53. The Kier molecular flexibility index (Phi) is 3.71. The van der Waals surface area contributed by atoms with E-state index in [0.717, 1.165) is 12.1 Å². The molecule has 0 saturated heterocycles. The van der Waals surface area contributed by atoms with E-state index < -0.39 is 6.03 Å². The van der Waals surface area contributed by atoms with Crippen molar-refractivity contribution in [2.24, 2.45) is 11.1 Å². The maximum absolute atomic E-state index is 11.0. The molecule has 3 heteroatoms. The summed E-state index contributed by atoms with van der Waals surface area (Å²) in [5.74, 6) is 0. The highest BCUT2D eigenvalue weighted by atomic mass is 16.2. The summed E-state index contributed by atoms with van der Waals surface area (Å²) in [6.07, 6.45) is 6.88. The second-order valence-electron chi connectivity index (χ2n) is 6.13. The predicted molar refractivity (Wildman–Crippen MR) is 82.1 cm³/mol. The van der Waals surface area contributed by atoms with Crippen molar-refractivity contribution in [3.8, 4) is 0 Å². The van der Waals surface area contributed by atoms with Gasteiger partial charge in [0, 0.05) is 11.1 Å². The molecule has 0 saturated carbocycles. The number of benzene rings is 1. The molecular weight excluding hydrogens is 248 g/mol. The quantitative estimate of drug-likeness (QED) is 0.868. The highest BCUT2D eigenvalue weighted by Crippen LogP contribution is 2.47. The van der Waals surface area contributed by atoms with Crippen molar-refractivity contribution in [2.45, 2.75) is 32.6 Å². The van der Waals surface area contributed by atoms with E-state index in [1.165, 1.54) is 5.56 Å². The maximum Gasteiger partial charge on any atom is 0.316 e. The Balaban J connectivity index is 2.30. The number of primary amides is 1. The van der Waals surface area contributed by atoms with Crippen LogP contribution in [0.2, 0.25) is 0 Å². The lowest BCUT2D eigenvalue weighted by Crippen LogP contribution is -2.41. The zero-order valence-corrected chi connectivity index (χ0v) is 12.3. The molecule has 0 aliphatic heterocycles. The van der Waals surface area contributed by atoms with Crippen LogP contribution in [0.3, 0.4) is 0 Å². The van der Waals surface area contributed by atoms with Gasteiger partial charge in [-0.1, -0.05) is 63.3 Å². The van der Waals surface area contributed by atoms with Crippen molar-refractivity contribution in [1.29, 1.82) is 0 Å². The van der Waals surface area contributed by atoms with Crippen LogP contribution in [0.5, 0.6) is 0 Å². The molecule has 0 aromatic heterocycles. The molecule has 1 unspecified atom stereocenters. The van der Waals surface area contributed by atoms with E-state index in [4.69, 9.17) is 5.73 Å². The number of nitrogens with one attached hydrogen (secondary N) is 1. The van der Waals surface area contributed by atoms with Crippen LogP contribution in [0, 0.1) is 5.41 Å². The summed E-state index contributed by atoms with van der Waals surface area (Å²) in [4.78, 5) is 11.0. The Labute approximate surface area is 120 Å². The van der Waals surface area contributed by atoms with Gasteiger partial charge >= 0.3 is 6.03 Å². The molecule has 0 bridgehead atoms. The number of amides is 2. The average molecular weight is 270 g/mol. The van der Waals surface area contributed by atoms with Crippen molar-refractivity contribution < 1.29 is 4.79 Å². The normalized spacial score (nSPS) is 22.2.